The van der Waals surface area contributed by atoms with Gasteiger partial charge in [-0.05, 0) is 86.4 Å². The molecule has 6 nitrogen and oxygen atoms in total. The first-order chi connectivity index (χ1) is 17.5. The van der Waals surface area contributed by atoms with Crippen LogP contribution in [0.5, 0.6) is 5.75 Å². The number of rotatable bonds is 7. The van der Waals surface area contributed by atoms with Crippen LogP contribution >= 0.6 is 0 Å². The van der Waals surface area contributed by atoms with Gasteiger partial charge in [0.2, 0.25) is 0 Å². The van der Waals surface area contributed by atoms with Gasteiger partial charge in [0.15, 0.2) is 0 Å². The smallest absolute Gasteiger partial charge is 0.262 e. The molecule has 1 N–H and O–H groups in total. The van der Waals surface area contributed by atoms with Gasteiger partial charge in [0.25, 0.3) is 5.91 Å². The van der Waals surface area contributed by atoms with Gasteiger partial charge in [-0.15, -0.1) is 0 Å². The van der Waals surface area contributed by atoms with Crippen molar-refractivity contribution >= 4 is 12.0 Å². The van der Waals surface area contributed by atoms with E-state index < -0.39 is 0 Å². The van der Waals surface area contributed by atoms with Crippen molar-refractivity contribution in [2.24, 2.45) is 0 Å². The first kappa shape index (κ1) is 24.8. The number of carbonyl (C=O) groups excluding carboxylic acids is 1. The van der Waals surface area contributed by atoms with Crippen LogP contribution < -0.4 is 10.1 Å². The van der Waals surface area contributed by atoms with E-state index in [0.29, 0.717) is 12.2 Å². The third-order valence-corrected chi connectivity index (χ3v) is 6.66. The Morgan fingerprint density at radius 3 is 2.39 bits per heavy atom. The number of hydrogen-bond donors (Lipinski definition) is 1. The van der Waals surface area contributed by atoms with E-state index in [0.717, 1.165) is 59.6 Å². The molecule has 2 aromatic carbocycles. The zero-order valence-corrected chi connectivity index (χ0v) is 20.8. The van der Waals surface area contributed by atoms with Crippen molar-refractivity contribution in [3.05, 3.63) is 88.2 Å². The molecule has 182 valence electrons. The second kappa shape index (κ2) is 11.4. The molecule has 1 heterocycles. The van der Waals surface area contributed by atoms with Crippen molar-refractivity contribution in [3.63, 3.8) is 0 Å². The Balaban J connectivity index is 1.46. The van der Waals surface area contributed by atoms with Gasteiger partial charge in [0.05, 0.1) is 11.6 Å². The summed E-state index contributed by atoms with van der Waals surface area (Å²) in [6, 6.07) is 21.5. The van der Waals surface area contributed by atoms with Crippen molar-refractivity contribution in [3.8, 4) is 23.6 Å². The van der Waals surface area contributed by atoms with Gasteiger partial charge in [-0.3, -0.25) is 4.79 Å². The van der Waals surface area contributed by atoms with E-state index in [4.69, 9.17) is 10.00 Å². The van der Waals surface area contributed by atoms with Gasteiger partial charge in [0, 0.05) is 23.1 Å². The van der Waals surface area contributed by atoms with Crippen LogP contribution in [0.1, 0.15) is 60.2 Å². The summed E-state index contributed by atoms with van der Waals surface area (Å²) < 4.78 is 8.00. The molecule has 1 amide bonds. The first-order valence-electron chi connectivity index (χ1n) is 12.3. The van der Waals surface area contributed by atoms with Gasteiger partial charge >= 0.3 is 0 Å². The maximum Gasteiger partial charge on any atom is 0.262 e. The Morgan fingerprint density at radius 1 is 1.06 bits per heavy atom. The third-order valence-electron chi connectivity index (χ3n) is 6.66. The quantitative estimate of drug-likeness (QED) is 0.338. The molecule has 0 spiro atoms. The van der Waals surface area contributed by atoms with Gasteiger partial charge in [-0.2, -0.15) is 10.5 Å². The van der Waals surface area contributed by atoms with Crippen LogP contribution in [0.15, 0.2) is 60.2 Å². The molecule has 1 saturated carbocycles. The summed E-state index contributed by atoms with van der Waals surface area (Å²) in [6.45, 7) is 4.41. The lowest BCUT2D eigenvalue weighted by Crippen LogP contribution is -2.36. The Morgan fingerprint density at radius 2 is 1.75 bits per heavy atom. The number of amides is 1. The monoisotopic (exact) mass is 478 g/mol. The topological polar surface area (TPSA) is 90.8 Å². The highest BCUT2D eigenvalue weighted by Gasteiger charge is 2.19. The molecule has 4 rings (SSSR count). The molecule has 36 heavy (non-hydrogen) atoms. The maximum absolute atomic E-state index is 12.7. The highest BCUT2D eigenvalue weighted by atomic mass is 16.5. The zero-order valence-electron chi connectivity index (χ0n) is 20.8. The van der Waals surface area contributed by atoms with Crippen molar-refractivity contribution in [1.29, 1.82) is 10.5 Å². The Hall–Kier alpha value is -4.29. The number of aryl methyl sites for hydroxylation is 1. The van der Waals surface area contributed by atoms with Crippen LogP contribution in [0.3, 0.4) is 0 Å². The van der Waals surface area contributed by atoms with Crippen molar-refractivity contribution in [2.45, 2.75) is 58.6 Å². The van der Waals surface area contributed by atoms with Crippen LogP contribution in [0.25, 0.3) is 11.8 Å². The number of nitrogens with one attached hydrogen (secondary N) is 1. The largest absolute Gasteiger partial charge is 0.489 e. The molecule has 0 atom stereocenters. The Labute approximate surface area is 212 Å². The fraction of sp³-hybridized carbons (Fsp3) is 0.300. The minimum atomic E-state index is -0.294. The number of benzene rings is 2. The number of nitrogens with zero attached hydrogens (tertiary/aromatic N) is 3. The molecule has 0 saturated heterocycles. The van der Waals surface area contributed by atoms with E-state index >= 15 is 0 Å². The highest BCUT2D eigenvalue weighted by molar-refractivity contribution is 6.02. The van der Waals surface area contributed by atoms with E-state index in [9.17, 15) is 10.1 Å². The van der Waals surface area contributed by atoms with Gasteiger partial charge < -0.3 is 14.6 Å². The maximum atomic E-state index is 12.7. The zero-order chi connectivity index (χ0) is 25.5. The van der Waals surface area contributed by atoms with Gasteiger partial charge in [-0.25, -0.2) is 0 Å². The fourth-order valence-corrected chi connectivity index (χ4v) is 4.68. The molecule has 0 unspecified atom stereocenters. The highest BCUT2D eigenvalue weighted by Crippen LogP contribution is 2.25. The lowest BCUT2D eigenvalue weighted by Gasteiger charge is -2.22. The lowest BCUT2D eigenvalue weighted by atomic mass is 9.95. The molecule has 1 aliphatic rings. The standard InChI is InChI=1S/C30H30N4O2/c1-21-16-25(17-26(19-32)30(35)33-27-6-4-3-5-7-27)22(2)34(21)28-12-14-29(15-13-28)36-20-24-10-8-23(18-31)9-11-24/h8-17,27H,3-7,20H2,1-2H3,(H,33,35)/b26-17+. The van der Waals surface area contributed by atoms with Gasteiger partial charge in [0.1, 0.15) is 24.0 Å². The van der Waals surface area contributed by atoms with Crippen molar-refractivity contribution in [1.82, 2.24) is 9.88 Å². The van der Waals surface area contributed by atoms with Crippen molar-refractivity contribution < 1.29 is 9.53 Å². The fourth-order valence-electron chi connectivity index (χ4n) is 4.68. The number of nitriles is 2. The van der Waals surface area contributed by atoms with E-state index in [1.807, 2.05) is 56.3 Å². The molecule has 0 radical (unpaired) electrons. The second-order valence-corrected chi connectivity index (χ2v) is 9.23. The average molecular weight is 479 g/mol. The third kappa shape index (κ3) is 5.85. The summed E-state index contributed by atoms with van der Waals surface area (Å²) in [7, 11) is 0. The summed E-state index contributed by atoms with van der Waals surface area (Å²) in [5.41, 5.74) is 5.54. The lowest BCUT2D eigenvalue weighted by molar-refractivity contribution is -0.117. The molecule has 0 bridgehead atoms. The molecular formula is C30H30N4O2. The van der Waals surface area contributed by atoms with Crippen LogP contribution in [0.2, 0.25) is 0 Å². The van der Waals surface area contributed by atoms with E-state index in [2.05, 4.69) is 22.0 Å². The van der Waals surface area contributed by atoms with E-state index in [-0.39, 0.29) is 17.5 Å². The number of aromatic nitrogens is 1. The van der Waals surface area contributed by atoms with Crippen LogP contribution in [0, 0.1) is 36.5 Å². The summed E-state index contributed by atoms with van der Waals surface area (Å²) in [5, 5.41) is 21.6. The van der Waals surface area contributed by atoms with Gasteiger partial charge in [-0.1, -0.05) is 31.4 Å². The van der Waals surface area contributed by atoms with E-state index in [1.165, 1.54) is 6.42 Å². The predicted molar refractivity (Wildman–Crippen MR) is 139 cm³/mol. The predicted octanol–water partition coefficient (Wildman–Crippen LogP) is 5.90. The van der Waals surface area contributed by atoms with Crippen LogP contribution in [-0.4, -0.2) is 16.5 Å². The normalized spacial score (nSPS) is 14.1. The SMILES string of the molecule is Cc1cc(/C=C(\C#N)C(=O)NC2CCCCC2)c(C)n1-c1ccc(OCc2ccc(C#N)cc2)cc1. The summed E-state index contributed by atoms with van der Waals surface area (Å²) in [4.78, 5) is 12.7. The Kier molecular flexibility index (Phi) is 7.88. The van der Waals surface area contributed by atoms with Crippen LogP contribution in [-0.2, 0) is 11.4 Å². The molecular weight excluding hydrogens is 448 g/mol. The number of carbonyl (C=O) groups is 1. The molecule has 1 fully saturated rings. The summed E-state index contributed by atoms with van der Waals surface area (Å²) in [5.74, 6) is 0.454. The average Bonchev–Trinajstić information content (AvgIpc) is 3.19. The minimum Gasteiger partial charge on any atom is -0.489 e. The second-order valence-electron chi connectivity index (χ2n) is 9.23. The summed E-state index contributed by atoms with van der Waals surface area (Å²) in [6.07, 6.45) is 7.10. The Bertz CT molecular complexity index is 1330. The molecule has 1 aliphatic carbocycles. The molecule has 3 aromatic rings. The molecule has 1 aromatic heterocycles. The molecule has 6 heteroatoms. The van der Waals surface area contributed by atoms with E-state index in [1.54, 1.807) is 18.2 Å². The van der Waals surface area contributed by atoms with Crippen LogP contribution in [0.4, 0.5) is 0 Å². The van der Waals surface area contributed by atoms with Crippen molar-refractivity contribution in [2.75, 3.05) is 0 Å². The number of hydrogen-bond acceptors (Lipinski definition) is 4. The molecule has 0 aliphatic heterocycles. The number of ether oxygens (including phenoxy) is 1. The summed E-state index contributed by atoms with van der Waals surface area (Å²) >= 11 is 0. The first-order valence-corrected chi connectivity index (χ1v) is 12.3. The minimum absolute atomic E-state index is 0.132.